The monoisotopic (exact) mass is 263 g/mol. The molecule has 0 aliphatic carbocycles. The van der Waals surface area contributed by atoms with E-state index in [1.54, 1.807) is 5.01 Å². The van der Waals surface area contributed by atoms with E-state index in [0.29, 0.717) is 0 Å². The van der Waals surface area contributed by atoms with Gasteiger partial charge >= 0.3 is 0 Å². The number of nitrogens with zero attached hydrogens (tertiary/aromatic N) is 3. The minimum absolute atomic E-state index is 0.0778. The summed E-state index contributed by atoms with van der Waals surface area (Å²) in [4.78, 5) is 2.14. The summed E-state index contributed by atoms with van der Waals surface area (Å²) < 4.78 is 0. The van der Waals surface area contributed by atoms with Crippen LogP contribution in [0.15, 0.2) is 23.3 Å². The maximum atomic E-state index is 6.02. The highest BCUT2D eigenvalue weighted by atomic mass is 15.4. The Balaban J connectivity index is 2.96. The first kappa shape index (κ1) is 15.5. The number of hydrogen-bond donors (Lipinski definition) is 2. The Bertz CT molecular complexity index is 428. The maximum absolute atomic E-state index is 6.02. The van der Waals surface area contributed by atoms with Crippen molar-refractivity contribution in [2.45, 2.75) is 26.3 Å². The van der Waals surface area contributed by atoms with Crippen LogP contribution < -0.4 is 11.7 Å². The lowest BCUT2D eigenvalue weighted by Gasteiger charge is -2.27. The molecular weight excluding hydrogens is 238 g/mol. The van der Waals surface area contributed by atoms with E-state index in [1.807, 2.05) is 0 Å². The van der Waals surface area contributed by atoms with Crippen LogP contribution in [0, 0.1) is 13.8 Å². The fourth-order valence-corrected chi connectivity index (χ4v) is 2.00. The smallest absolute Gasteiger partial charge is 0.125 e. The zero-order valence-corrected chi connectivity index (χ0v) is 12.3. The minimum atomic E-state index is 0.0778. The molecule has 106 valence electrons. The van der Waals surface area contributed by atoms with E-state index in [4.69, 9.17) is 11.7 Å². The topological polar surface area (TPSA) is 70.9 Å². The van der Waals surface area contributed by atoms with Gasteiger partial charge in [0.25, 0.3) is 0 Å². The Morgan fingerprint density at radius 2 is 1.95 bits per heavy atom. The largest absolute Gasteiger partial charge is 0.322 e. The van der Waals surface area contributed by atoms with Gasteiger partial charge in [0.15, 0.2) is 0 Å². The van der Waals surface area contributed by atoms with Gasteiger partial charge in [-0.1, -0.05) is 18.2 Å². The highest BCUT2D eigenvalue weighted by Gasteiger charge is 2.16. The van der Waals surface area contributed by atoms with Crippen molar-refractivity contribution in [3.63, 3.8) is 0 Å². The summed E-state index contributed by atoms with van der Waals surface area (Å²) in [6.07, 6.45) is 2.38. The number of rotatable bonds is 6. The number of hydrogen-bond acceptors (Lipinski definition) is 4. The molecule has 1 rings (SSSR count). The predicted molar refractivity (Wildman–Crippen MR) is 80.5 cm³/mol. The fourth-order valence-electron chi connectivity index (χ4n) is 2.00. The summed E-state index contributed by atoms with van der Waals surface area (Å²) >= 11 is 0. The first-order chi connectivity index (χ1) is 8.95. The van der Waals surface area contributed by atoms with Gasteiger partial charge in [-0.25, -0.2) is 5.84 Å². The van der Waals surface area contributed by atoms with E-state index in [9.17, 15) is 0 Å². The molecule has 0 aromatic heterocycles. The molecule has 1 aromatic rings. The molecule has 5 nitrogen and oxygen atoms in total. The van der Waals surface area contributed by atoms with E-state index < -0.39 is 0 Å². The third kappa shape index (κ3) is 4.54. The van der Waals surface area contributed by atoms with Gasteiger partial charge in [-0.05, 0) is 57.6 Å². The van der Waals surface area contributed by atoms with E-state index in [-0.39, 0.29) is 6.04 Å². The van der Waals surface area contributed by atoms with Gasteiger partial charge in [-0.15, -0.1) is 0 Å². The molecule has 19 heavy (non-hydrogen) atoms. The van der Waals surface area contributed by atoms with Crippen molar-refractivity contribution < 1.29 is 0 Å². The van der Waals surface area contributed by atoms with Gasteiger partial charge in [0.2, 0.25) is 0 Å². The molecule has 0 saturated carbocycles. The first-order valence-electron chi connectivity index (χ1n) is 6.44. The lowest BCUT2D eigenvalue weighted by Crippen LogP contribution is -2.36. The molecule has 5 heteroatoms. The van der Waals surface area contributed by atoms with Crippen LogP contribution in [0.25, 0.3) is 0 Å². The van der Waals surface area contributed by atoms with Crippen LogP contribution >= 0.6 is 0 Å². The normalized spacial score (nSPS) is 13.2. The van der Waals surface area contributed by atoms with Crippen LogP contribution in [-0.2, 0) is 0 Å². The van der Waals surface area contributed by atoms with Crippen molar-refractivity contribution in [1.29, 1.82) is 0 Å². The third-order valence-corrected chi connectivity index (χ3v) is 3.33. The summed E-state index contributed by atoms with van der Waals surface area (Å²) in [5.41, 5.74) is 3.74. The molecule has 0 fully saturated rings. The molecule has 1 unspecified atom stereocenters. The molecule has 0 heterocycles. The average molecular weight is 263 g/mol. The summed E-state index contributed by atoms with van der Waals surface area (Å²) in [5, 5.41) is 5.09. The summed E-state index contributed by atoms with van der Waals surface area (Å²) in [5.74, 6) is 11.2. The summed E-state index contributed by atoms with van der Waals surface area (Å²) in [6.45, 7) is 5.17. The Morgan fingerprint density at radius 1 is 1.26 bits per heavy atom. The van der Waals surface area contributed by atoms with E-state index in [0.717, 1.165) is 13.0 Å². The van der Waals surface area contributed by atoms with Gasteiger partial charge in [-0.2, -0.15) is 5.10 Å². The van der Waals surface area contributed by atoms with Crippen molar-refractivity contribution in [3.8, 4) is 0 Å². The zero-order valence-electron chi connectivity index (χ0n) is 12.3. The molecule has 0 saturated heterocycles. The number of aryl methyl sites for hydroxylation is 2. The molecule has 0 radical (unpaired) electrons. The van der Waals surface area contributed by atoms with Crippen LogP contribution in [-0.4, -0.2) is 36.9 Å². The third-order valence-electron chi connectivity index (χ3n) is 3.33. The van der Waals surface area contributed by atoms with Crippen LogP contribution in [0.3, 0.4) is 0 Å². The number of benzene rings is 1. The van der Waals surface area contributed by atoms with Crippen LogP contribution in [0.2, 0.25) is 0 Å². The van der Waals surface area contributed by atoms with Crippen LogP contribution in [0.1, 0.15) is 29.2 Å². The van der Waals surface area contributed by atoms with E-state index in [2.05, 4.69) is 56.1 Å². The van der Waals surface area contributed by atoms with E-state index >= 15 is 0 Å². The van der Waals surface area contributed by atoms with Gasteiger partial charge < -0.3 is 10.7 Å². The maximum Gasteiger partial charge on any atom is 0.125 e. The number of hydrazine groups is 1. The highest BCUT2D eigenvalue weighted by molar-refractivity contribution is 5.54. The summed E-state index contributed by atoms with van der Waals surface area (Å²) in [6, 6.07) is 6.50. The Labute approximate surface area is 115 Å². The van der Waals surface area contributed by atoms with Gasteiger partial charge in [-0.3, -0.25) is 5.01 Å². The molecule has 1 atom stereocenters. The highest BCUT2D eigenvalue weighted by Crippen LogP contribution is 2.23. The molecule has 0 aliphatic rings. The SMILES string of the molecule is Cc1ccc(C(CCN(C)C)N(N)/C=N\N)cc1C. The van der Waals surface area contributed by atoms with Crippen molar-refractivity contribution in [1.82, 2.24) is 9.91 Å². The molecule has 0 bridgehead atoms. The van der Waals surface area contributed by atoms with E-state index in [1.165, 1.54) is 23.0 Å². The molecule has 1 aromatic carbocycles. The van der Waals surface area contributed by atoms with Gasteiger partial charge in [0.05, 0.1) is 6.04 Å². The lowest BCUT2D eigenvalue weighted by atomic mass is 9.98. The predicted octanol–water partition coefficient (Wildman–Crippen LogP) is 1.37. The fraction of sp³-hybridized carbons (Fsp3) is 0.500. The van der Waals surface area contributed by atoms with Gasteiger partial charge in [0.1, 0.15) is 6.34 Å². The standard InChI is InChI=1S/C14H25N5/c1-11-5-6-13(9-12(11)2)14(7-8-18(3)4)19(16)10-17-15/h5-6,9-10,14H,7-8,15-16H2,1-4H3/b17-10-. The van der Waals surface area contributed by atoms with Crippen molar-refractivity contribution in [2.75, 3.05) is 20.6 Å². The second kappa shape index (κ2) is 7.11. The second-order valence-electron chi connectivity index (χ2n) is 5.16. The molecule has 0 spiro atoms. The number of hydrazone groups is 1. The van der Waals surface area contributed by atoms with Crippen LogP contribution in [0.4, 0.5) is 0 Å². The first-order valence-corrected chi connectivity index (χ1v) is 6.44. The molecule has 0 aliphatic heterocycles. The Kier molecular flexibility index (Phi) is 5.79. The van der Waals surface area contributed by atoms with Gasteiger partial charge in [0, 0.05) is 0 Å². The van der Waals surface area contributed by atoms with Crippen LogP contribution in [0.5, 0.6) is 0 Å². The number of nitrogens with two attached hydrogens (primary N) is 2. The quantitative estimate of drug-likeness (QED) is 0.352. The average Bonchev–Trinajstić information content (AvgIpc) is 2.33. The molecular formula is C14H25N5. The zero-order chi connectivity index (χ0) is 14.4. The Hall–Kier alpha value is -1.59. The lowest BCUT2D eigenvalue weighted by molar-refractivity contribution is 0.279. The minimum Gasteiger partial charge on any atom is -0.322 e. The summed E-state index contributed by atoms with van der Waals surface area (Å²) in [7, 11) is 4.10. The van der Waals surface area contributed by atoms with Crippen molar-refractivity contribution in [3.05, 3.63) is 34.9 Å². The Morgan fingerprint density at radius 3 is 2.47 bits per heavy atom. The molecule has 0 amide bonds. The van der Waals surface area contributed by atoms with Crippen molar-refractivity contribution in [2.24, 2.45) is 16.8 Å². The molecule has 4 N–H and O–H groups in total. The second-order valence-corrected chi connectivity index (χ2v) is 5.16. The van der Waals surface area contributed by atoms with Crippen molar-refractivity contribution >= 4 is 6.34 Å².